The average molecular weight is 440 g/mol. The summed E-state index contributed by atoms with van der Waals surface area (Å²) < 4.78 is 1.95. The molecule has 0 bridgehead atoms. The molecule has 1 aromatic heterocycles. The maximum Gasteiger partial charge on any atom is 0.268 e. The van der Waals surface area contributed by atoms with E-state index in [1.54, 1.807) is 30.3 Å². The third-order valence-electron chi connectivity index (χ3n) is 5.20. The van der Waals surface area contributed by atoms with Gasteiger partial charge in [-0.1, -0.05) is 0 Å². The lowest BCUT2D eigenvalue weighted by atomic mass is 10.1. The van der Waals surface area contributed by atoms with E-state index in [2.05, 4.69) is 16.0 Å². The Bertz CT molecular complexity index is 1020. The van der Waals surface area contributed by atoms with Crippen LogP contribution in [0.15, 0.2) is 30.3 Å². The zero-order valence-corrected chi connectivity index (χ0v) is 18.0. The molecule has 1 aromatic carbocycles. The second kappa shape index (κ2) is 10.1. The fourth-order valence-corrected chi connectivity index (χ4v) is 3.38. The molecular weight excluding hydrogens is 410 g/mol. The van der Waals surface area contributed by atoms with E-state index in [1.165, 1.54) is 0 Å². The first-order valence-corrected chi connectivity index (χ1v) is 10.5. The summed E-state index contributed by atoms with van der Waals surface area (Å²) in [7, 11) is 0. The first-order chi connectivity index (χ1) is 15.3. The van der Waals surface area contributed by atoms with Crippen molar-refractivity contribution in [2.75, 3.05) is 25.0 Å². The number of anilines is 1. The van der Waals surface area contributed by atoms with Gasteiger partial charge in [0.1, 0.15) is 5.69 Å². The van der Waals surface area contributed by atoms with E-state index in [-0.39, 0.29) is 42.6 Å². The molecule has 170 valence electrons. The third kappa shape index (κ3) is 5.52. The molecule has 1 aliphatic carbocycles. The topological polar surface area (TPSA) is 168 Å². The number of nitrogens with one attached hydrogen (secondary N) is 4. The maximum absolute atomic E-state index is 12.8. The molecule has 0 spiro atoms. The van der Waals surface area contributed by atoms with Gasteiger partial charge in [-0.2, -0.15) is 0 Å². The van der Waals surface area contributed by atoms with Crippen molar-refractivity contribution in [3.05, 3.63) is 52.8 Å². The summed E-state index contributed by atoms with van der Waals surface area (Å²) >= 11 is 0. The molecule has 1 saturated carbocycles. The number of nitrogens with two attached hydrogens (primary N) is 2. The Morgan fingerprint density at radius 2 is 1.62 bits per heavy atom. The van der Waals surface area contributed by atoms with Crippen LogP contribution in [0.4, 0.5) is 5.69 Å². The number of amides is 3. The highest BCUT2D eigenvalue weighted by atomic mass is 16.2. The minimum atomic E-state index is -0.335. The fraction of sp³-hybridized carbons (Fsp3) is 0.364. The van der Waals surface area contributed by atoms with E-state index in [0.717, 1.165) is 18.5 Å². The maximum atomic E-state index is 12.8. The number of rotatable bonds is 10. The van der Waals surface area contributed by atoms with Gasteiger partial charge in [0.15, 0.2) is 0 Å². The molecule has 10 heteroatoms. The van der Waals surface area contributed by atoms with E-state index in [0.29, 0.717) is 35.6 Å². The van der Waals surface area contributed by atoms with Crippen LogP contribution in [-0.2, 0) is 0 Å². The molecule has 3 amide bonds. The number of benzene rings is 1. The van der Waals surface area contributed by atoms with E-state index < -0.39 is 0 Å². The van der Waals surface area contributed by atoms with Gasteiger partial charge in [-0.25, -0.2) is 0 Å². The van der Waals surface area contributed by atoms with Crippen molar-refractivity contribution in [1.82, 2.24) is 15.2 Å². The van der Waals surface area contributed by atoms with Crippen molar-refractivity contribution >= 4 is 29.2 Å². The molecule has 3 rings (SSSR count). The molecule has 32 heavy (non-hydrogen) atoms. The van der Waals surface area contributed by atoms with E-state index in [1.807, 2.05) is 11.5 Å². The van der Waals surface area contributed by atoms with Crippen molar-refractivity contribution in [3.63, 3.8) is 0 Å². The zero-order valence-electron chi connectivity index (χ0n) is 18.0. The number of nitrogens with zero attached hydrogens (tertiary/aromatic N) is 1. The van der Waals surface area contributed by atoms with Gasteiger partial charge in [0, 0.05) is 48.9 Å². The number of hydrogen-bond donors (Lipinski definition) is 6. The molecule has 10 nitrogen and oxygen atoms in total. The Kier molecular flexibility index (Phi) is 7.26. The van der Waals surface area contributed by atoms with Gasteiger partial charge < -0.3 is 32.0 Å². The van der Waals surface area contributed by atoms with E-state index >= 15 is 0 Å². The number of amidine groups is 1. The molecule has 1 heterocycles. The summed E-state index contributed by atoms with van der Waals surface area (Å²) in [5, 5.41) is 15.6. The Morgan fingerprint density at radius 3 is 2.19 bits per heavy atom. The van der Waals surface area contributed by atoms with Gasteiger partial charge in [-0.15, -0.1) is 0 Å². The van der Waals surface area contributed by atoms with Crippen LogP contribution in [0, 0.1) is 12.3 Å². The molecular formula is C22H29N7O3. The Labute approximate surface area is 186 Å². The minimum absolute atomic E-state index is 0.00916. The van der Waals surface area contributed by atoms with Gasteiger partial charge >= 0.3 is 0 Å². The Morgan fingerprint density at radius 1 is 1.03 bits per heavy atom. The van der Waals surface area contributed by atoms with Crippen LogP contribution in [0.3, 0.4) is 0 Å². The van der Waals surface area contributed by atoms with E-state index in [4.69, 9.17) is 16.9 Å². The lowest BCUT2D eigenvalue weighted by Crippen LogP contribution is -2.29. The standard InChI is InChI=1S/C22H29N7O3/c1-13-17(12-18(29(13)16-6-7-16)22(32)26-10-8-19(24)25)28-21(31)15-4-2-14(3-5-15)20(30)27-11-9-23/h2-5,12,16H,6-11,23H2,1H3,(H3,24,25)(H,26,32)(H,27,30)(H,28,31). The summed E-state index contributed by atoms with van der Waals surface area (Å²) in [6.45, 7) is 2.87. The van der Waals surface area contributed by atoms with Gasteiger partial charge in [-0.3, -0.25) is 19.8 Å². The van der Waals surface area contributed by atoms with Crippen LogP contribution < -0.4 is 27.4 Å². The molecule has 0 aliphatic heterocycles. The van der Waals surface area contributed by atoms with Gasteiger partial charge in [0.2, 0.25) is 0 Å². The lowest BCUT2D eigenvalue weighted by Gasteiger charge is -2.11. The van der Waals surface area contributed by atoms with Crippen LogP contribution in [0.1, 0.15) is 62.2 Å². The van der Waals surface area contributed by atoms with Gasteiger partial charge in [0.25, 0.3) is 17.7 Å². The number of carbonyl (C=O) groups excluding carboxylic acids is 3. The van der Waals surface area contributed by atoms with Gasteiger partial charge in [0.05, 0.1) is 11.5 Å². The summed E-state index contributed by atoms with van der Waals surface area (Å²) in [5.74, 6) is -0.844. The molecule has 1 aliphatic rings. The quantitative estimate of drug-likeness (QED) is 0.240. The molecule has 0 atom stereocenters. The molecule has 0 radical (unpaired) electrons. The monoisotopic (exact) mass is 439 g/mol. The Balaban J connectivity index is 1.72. The van der Waals surface area contributed by atoms with Crippen LogP contribution in [0.2, 0.25) is 0 Å². The van der Waals surface area contributed by atoms with Gasteiger partial charge in [-0.05, 0) is 50.1 Å². The summed E-state index contributed by atoms with van der Waals surface area (Å²) in [4.78, 5) is 37.4. The molecule has 1 fully saturated rings. The highest BCUT2D eigenvalue weighted by Crippen LogP contribution is 2.39. The second-order valence-corrected chi connectivity index (χ2v) is 7.74. The summed E-state index contributed by atoms with van der Waals surface area (Å²) in [5.41, 5.74) is 13.4. The Hall–Kier alpha value is -3.66. The van der Waals surface area contributed by atoms with Crippen LogP contribution in [-0.4, -0.2) is 47.8 Å². The molecule has 8 N–H and O–H groups in total. The van der Waals surface area contributed by atoms with Crippen molar-refractivity contribution in [1.29, 1.82) is 5.41 Å². The summed E-state index contributed by atoms with van der Waals surface area (Å²) in [6.07, 6.45) is 2.23. The van der Waals surface area contributed by atoms with Crippen molar-refractivity contribution in [3.8, 4) is 0 Å². The first kappa shape index (κ1) is 23.0. The molecule has 2 aromatic rings. The van der Waals surface area contributed by atoms with Crippen molar-refractivity contribution < 1.29 is 14.4 Å². The average Bonchev–Trinajstić information content (AvgIpc) is 3.55. The summed E-state index contributed by atoms with van der Waals surface area (Å²) in [6, 6.07) is 8.22. The minimum Gasteiger partial charge on any atom is -0.388 e. The van der Waals surface area contributed by atoms with Crippen molar-refractivity contribution in [2.45, 2.75) is 32.2 Å². The normalized spacial score (nSPS) is 12.8. The zero-order chi connectivity index (χ0) is 23.3. The molecule has 0 saturated heterocycles. The smallest absolute Gasteiger partial charge is 0.268 e. The molecule has 0 unspecified atom stereocenters. The number of aromatic nitrogens is 1. The van der Waals surface area contributed by atoms with Crippen LogP contribution >= 0.6 is 0 Å². The second-order valence-electron chi connectivity index (χ2n) is 7.74. The van der Waals surface area contributed by atoms with Crippen molar-refractivity contribution in [2.24, 2.45) is 11.5 Å². The predicted molar refractivity (Wildman–Crippen MR) is 122 cm³/mol. The fourth-order valence-electron chi connectivity index (χ4n) is 3.38. The van der Waals surface area contributed by atoms with E-state index in [9.17, 15) is 14.4 Å². The predicted octanol–water partition coefficient (Wildman–Crippen LogP) is 1.13. The number of carbonyl (C=O) groups is 3. The largest absolute Gasteiger partial charge is 0.388 e. The SMILES string of the molecule is Cc1c(NC(=O)c2ccc(C(=O)NCCN)cc2)cc(C(=O)NCCC(=N)N)n1C1CC1. The lowest BCUT2D eigenvalue weighted by molar-refractivity contribution is 0.0940. The van der Waals surface area contributed by atoms with Crippen LogP contribution in [0.5, 0.6) is 0 Å². The third-order valence-corrected chi connectivity index (χ3v) is 5.20. The number of hydrogen-bond acceptors (Lipinski definition) is 5. The van der Waals surface area contributed by atoms with Crippen LogP contribution in [0.25, 0.3) is 0 Å². The first-order valence-electron chi connectivity index (χ1n) is 10.5. The highest BCUT2D eigenvalue weighted by Gasteiger charge is 2.30. The highest BCUT2D eigenvalue weighted by molar-refractivity contribution is 6.06.